The van der Waals surface area contributed by atoms with Crippen LogP contribution in [0.1, 0.15) is 40.5 Å². The van der Waals surface area contributed by atoms with Gasteiger partial charge in [-0.3, -0.25) is 4.79 Å². The minimum absolute atomic E-state index is 0.0531. The van der Waals surface area contributed by atoms with Crippen LogP contribution < -0.4 is 20.1 Å². The second-order valence-electron chi connectivity index (χ2n) is 13.1. The third kappa shape index (κ3) is 6.94. The van der Waals surface area contributed by atoms with E-state index >= 15 is 0 Å². The van der Waals surface area contributed by atoms with Crippen molar-refractivity contribution in [2.75, 3.05) is 20.3 Å². The smallest absolute Gasteiger partial charge is 0.332 e. The number of hydrogen-bond donors (Lipinski definition) is 2. The predicted octanol–water partition coefficient (Wildman–Crippen LogP) is 4.68. The lowest BCUT2D eigenvalue weighted by atomic mass is 9.88. The van der Waals surface area contributed by atoms with Crippen LogP contribution in [0, 0.1) is 11.3 Å². The van der Waals surface area contributed by atoms with E-state index in [1.54, 1.807) is 20.1 Å². The van der Waals surface area contributed by atoms with Crippen molar-refractivity contribution in [1.29, 1.82) is 0 Å². The molecule has 1 aliphatic heterocycles. The van der Waals surface area contributed by atoms with Gasteiger partial charge in [-0.2, -0.15) is 0 Å². The highest BCUT2D eigenvalue weighted by atomic mass is 16.5. The summed E-state index contributed by atoms with van der Waals surface area (Å²) < 4.78 is 17.3. The van der Waals surface area contributed by atoms with Crippen molar-refractivity contribution < 1.29 is 33.4 Å². The lowest BCUT2D eigenvalue weighted by molar-refractivity contribution is -0.149. The van der Waals surface area contributed by atoms with Gasteiger partial charge >= 0.3 is 12.0 Å². The highest BCUT2D eigenvalue weighted by Gasteiger charge is 2.62. The molecule has 2 unspecified atom stereocenters. The molecule has 2 N–H and O–H groups in total. The Morgan fingerprint density at radius 3 is 2.51 bits per heavy atom. The van der Waals surface area contributed by atoms with Gasteiger partial charge in [0.05, 0.1) is 37.5 Å². The Kier molecular flexibility index (Phi) is 9.55. The first kappa shape index (κ1) is 33.4. The molecule has 2 aliphatic rings. The molecule has 5 atom stereocenters. The standard InChI is InChI=1S/C36H42N4O7/c1-7-23-19-36(23,33(43)46-8-2)39-32(42)29-17-25(20-40(29)34(44)38-31(21-41)35(3,4)5)47-30-18-27(22-12-10-9-11-13-22)37-28-16-24(45-6)14-15-26(28)30/h7,9-16,18,21,23,25,29,31H,1,8,17,19-20H2,2-6H3,(H,38,44)(H,39,42)/t23?,25-,29+,31-,36?/m1/s1. The molecule has 0 radical (unpaired) electrons. The molecule has 3 amide bonds. The Morgan fingerprint density at radius 1 is 1.15 bits per heavy atom. The molecule has 11 heteroatoms. The summed E-state index contributed by atoms with van der Waals surface area (Å²) in [5.74, 6) is -0.186. The van der Waals surface area contributed by atoms with E-state index in [2.05, 4.69) is 17.2 Å². The fourth-order valence-corrected chi connectivity index (χ4v) is 5.93. The first-order valence-electron chi connectivity index (χ1n) is 15.8. The van der Waals surface area contributed by atoms with E-state index in [-0.39, 0.29) is 25.5 Å². The molecule has 3 aromatic rings. The molecular formula is C36H42N4O7. The second kappa shape index (κ2) is 13.4. The number of nitrogens with one attached hydrogen (secondary N) is 2. The normalized spacial score (nSPS) is 22.6. The minimum Gasteiger partial charge on any atom is -0.497 e. The van der Waals surface area contributed by atoms with Crippen molar-refractivity contribution in [1.82, 2.24) is 20.5 Å². The molecule has 5 rings (SSSR count). The number of aromatic nitrogens is 1. The van der Waals surface area contributed by atoms with E-state index in [0.717, 1.165) is 10.9 Å². The Morgan fingerprint density at radius 2 is 1.89 bits per heavy atom. The van der Waals surface area contributed by atoms with Crippen LogP contribution in [0.3, 0.4) is 0 Å². The number of carbonyl (C=O) groups excluding carboxylic acids is 4. The number of aldehydes is 1. The van der Waals surface area contributed by atoms with Crippen molar-refractivity contribution in [3.05, 3.63) is 67.3 Å². The van der Waals surface area contributed by atoms with Gasteiger partial charge in [-0.15, -0.1) is 6.58 Å². The summed E-state index contributed by atoms with van der Waals surface area (Å²) in [6.45, 7) is 11.2. The zero-order valence-electron chi connectivity index (χ0n) is 27.4. The number of nitrogens with zero attached hydrogens (tertiary/aromatic N) is 2. The fraction of sp³-hybridized carbons (Fsp3) is 0.417. The molecule has 0 spiro atoms. The number of amides is 3. The van der Waals surface area contributed by atoms with Crippen LogP contribution >= 0.6 is 0 Å². The molecule has 1 aliphatic carbocycles. The number of likely N-dealkylation sites (tertiary alicyclic amines) is 1. The van der Waals surface area contributed by atoms with E-state index in [9.17, 15) is 19.2 Å². The van der Waals surface area contributed by atoms with Gasteiger partial charge in [-0.1, -0.05) is 57.2 Å². The summed E-state index contributed by atoms with van der Waals surface area (Å²) in [6.07, 6.45) is 2.19. The highest BCUT2D eigenvalue weighted by Crippen LogP contribution is 2.46. The predicted molar refractivity (Wildman–Crippen MR) is 177 cm³/mol. The average Bonchev–Trinajstić information content (AvgIpc) is 3.61. The van der Waals surface area contributed by atoms with Gasteiger partial charge in [0.1, 0.15) is 35.5 Å². The van der Waals surface area contributed by atoms with Crippen LogP contribution in [-0.2, 0) is 19.1 Å². The van der Waals surface area contributed by atoms with Crippen LogP contribution in [0.25, 0.3) is 22.2 Å². The van der Waals surface area contributed by atoms with Crippen LogP contribution in [0.4, 0.5) is 4.79 Å². The largest absolute Gasteiger partial charge is 0.497 e. The zero-order valence-corrected chi connectivity index (χ0v) is 27.4. The van der Waals surface area contributed by atoms with E-state index in [4.69, 9.17) is 19.2 Å². The molecule has 1 saturated carbocycles. The van der Waals surface area contributed by atoms with E-state index in [1.165, 1.54) is 4.90 Å². The molecule has 1 saturated heterocycles. The monoisotopic (exact) mass is 642 g/mol. The van der Waals surface area contributed by atoms with Crippen LogP contribution in [0.15, 0.2) is 67.3 Å². The number of urea groups is 1. The molecule has 248 valence electrons. The minimum atomic E-state index is -1.24. The van der Waals surface area contributed by atoms with Crippen molar-refractivity contribution in [3.63, 3.8) is 0 Å². The van der Waals surface area contributed by atoms with Crippen molar-refractivity contribution in [2.24, 2.45) is 11.3 Å². The number of ether oxygens (including phenoxy) is 3. The number of fused-ring (bicyclic) bond motifs is 1. The number of methoxy groups -OCH3 is 1. The van der Waals surface area contributed by atoms with Gasteiger partial charge in [0.25, 0.3) is 0 Å². The van der Waals surface area contributed by atoms with Crippen molar-refractivity contribution in [2.45, 2.75) is 64.3 Å². The van der Waals surface area contributed by atoms with Gasteiger partial charge in [-0.25, -0.2) is 14.6 Å². The van der Waals surface area contributed by atoms with Gasteiger partial charge in [0, 0.05) is 35.4 Å². The van der Waals surface area contributed by atoms with Gasteiger partial charge in [-0.05, 0) is 30.9 Å². The Hall–Kier alpha value is -4.93. The number of rotatable bonds is 11. The lowest BCUT2D eigenvalue weighted by Crippen LogP contribution is -2.57. The zero-order chi connectivity index (χ0) is 33.9. The molecule has 47 heavy (non-hydrogen) atoms. The first-order valence-corrected chi connectivity index (χ1v) is 15.8. The summed E-state index contributed by atoms with van der Waals surface area (Å²) in [4.78, 5) is 58.7. The van der Waals surface area contributed by atoms with Gasteiger partial charge in [0.2, 0.25) is 5.91 Å². The molecule has 11 nitrogen and oxygen atoms in total. The Bertz CT molecular complexity index is 1670. The molecule has 2 heterocycles. The number of hydrogen-bond acceptors (Lipinski definition) is 8. The summed E-state index contributed by atoms with van der Waals surface area (Å²) >= 11 is 0. The molecule has 2 aromatic carbocycles. The summed E-state index contributed by atoms with van der Waals surface area (Å²) in [6, 6.07) is 14.6. The maximum Gasteiger partial charge on any atom is 0.332 e. The topological polar surface area (TPSA) is 136 Å². The quantitative estimate of drug-likeness (QED) is 0.175. The molecule has 2 fully saturated rings. The first-order chi connectivity index (χ1) is 22.4. The highest BCUT2D eigenvalue weighted by molar-refractivity contribution is 5.95. The van der Waals surface area contributed by atoms with Crippen molar-refractivity contribution in [3.8, 4) is 22.8 Å². The molecule has 0 bridgehead atoms. The van der Waals surface area contributed by atoms with E-state index in [0.29, 0.717) is 35.4 Å². The molecule has 1 aromatic heterocycles. The fourth-order valence-electron chi connectivity index (χ4n) is 5.93. The number of benzene rings is 2. The summed E-state index contributed by atoms with van der Waals surface area (Å²) in [5.41, 5.74) is 0.427. The average molecular weight is 643 g/mol. The molecular weight excluding hydrogens is 600 g/mol. The van der Waals surface area contributed by atoms with Crippen molar-refractivity contribution >= 4 is 35.1 Å². The second-order valence-corrected chi connectivity index (χ2v) is 13.1. The number of pyridine rings is 1. The maximum absolute atomic E-state index is 13.9. The van der Waals surface area contributed by atoms with Gasteiger partial charge < -0.3 is 34.5 Å². The Labute approximate surface area is 274 Å². The third-order valence-corrected chi connectivity index (χ3v) is 8.80. The number of carbonyl (C=O) groups is 4. The van der Waals surface area contributed by atoms with Crippen LogP contribution in [-0.4, -0.2) is 78.1 Å². The SMILES string of the molecule is C=CC1CC1(NC(=O)[C@@H]1C[C@@H](Oc2cc(-c3ccccc3)nc3cc(OC)ccc23)CN1C(=O)N[C@H](C=O)C(C)(C)C)C(=O)OCC. The third-order valence-electron chi connectivity index (χ3n) is 8.80. The van der Waals surface area contributed by atoms with E-state index in [1.807, 2.05) is 75.4 Å². The van der Waals surface area contributed by atoms with Gasteiger partial charge in [0.15, 0.2) is 0 Å². The van der Waals surface area contributed by atoms with Crippen LogP contribution in [0.2, 0.25) is 0 Å². The number of esters is 1. The lowest BCUT2D eigenvalue weighted by Gasteiger charge is -2.31. The summed E-state index contributed by atoms with van der Waals surface area (Å²) in [7, 11) is 1.59. The Balaban J connectivity index is 1.47. The summed E-state index contributed by atoms with van der Waals surface area (Å²) in [5, 5.41) is 6.40. The van der Waals surface area contributed by atoms with E-state index < -0.39 is 47.0 Å². The maximum atomic E-state index is 13.9. The van der Waals surface area contributed by atoms with Crippen LogP contribution in [0.5, 0.6) is 11.5 Å².